The number of ether oxygens (including phenoxy) is 1. The molecule has 7 nitrogen and oxygen atoms in total. The molecule has 1 unspecified atom stereocenters. The second-order valence-corrected chi connectivity index (χ2v) is 12.3. The van der Waals surface area contributed by atoms with Gasteiger partial charge < -0.3 is 15.4 Å². The quantitative estimate of drug-likeness (QED) is 0.602. The molecule has 0 radical (unpaired) electrons. The summed E-state index contributed by atoms with van der Waals surface area (Å²) in [6.07, 6.45) is 3.44. The molecule has 0 spiro atoms. The van der Waals surface area contributed by atoms with Gasteiger partial charge in [-0.25, -0.2) is 21.6 Å². The van der Waals surface area contributed by atoms with Crippen molar-refractivity contribution >= 4 is 15.9 Å². The number of amides is 1. The van der Waals surface area contributed by atoms with E-state index in [1.165, 1.54) is 4.31 Å². The molecule has 4 aliphatic rings. The lowest BCUT2D eigenvalue weighted by molar-refractivity contribution is -0.137. The molecule has 1 saturated carbocycles. The van der Waals surface area contributed by atoms with Crippen LogP contribution in [0.25, 0.3) is 0 Å². The van der Waals surface area contributed by atoms with Crippen LogP contribution in [0, 0.1) is 23.4 Å². The van der Waals surface area contributed by atoms with Gasteiger partial charge in [0.15, 0.2) is 16.4 Å². The third-order valence-electron chi connectivity index (χ3n) is 8.05. The minimum atomic E-state index is -3.77. The molecule has 3 aliphatic heterocycles. The van der Waals surface area contributed by atoms with Gasteiger partial charge >= 0.3 is 0 Å². The molecule has 3 saturated heterocycles. The lowest BCUT2D eigenvalue weighted by Crippen LogP contribution is -2.58. The molecule has 1 amide bonds. The minimum absolute atomic E-state index is 0.0277. The SMILES string of the molecule is N[C@H](Cc1cc(F)c(F)cc1F)C1C[C@H]2CC[C@@H](C1)N2C(=O)C1(S(=O)(=O)N2CCOCC2)CC1. The fourth-order valence-corrected chi connectivity index (χ4v) is 8.07. The van der Waals surface area contributed by atoms with Crippen LogP contribution in [0.1, 0.15) is 44.1 Å². The van der Waals surface area contributed by atoms with Crippen molar-refractivity contribution in [1.82, 2.24) is 9.21 Å². The van der Waals surface area contributed by atoms with Gasteiger partial charge in [0.1, 0.15) is 5.82 Å². The number of nitrogens with zero attached hydrogens (tertiary/aromatic N) is 2. The number of fused-ring (bicyclic) bond motifs is 2. The Kier molecular flexibility index (Phi) is 6.19. The van der Waals surface area contributed by atoms with Crippen LogP contribution in [0.2, 0.25) is 0 Å². The van der Waals surface area contributed by atoms with Crippen LogP contribution in [0.3, 0.4) is 0 Å². The summed E-state index contributed by atoms with van der Waals surface area (Å²) in [5.74, 6) is -3.50. The summed E-state index contributed by atoms with van der Waals surface area (Å²) in [6, 6.07) is 0.674. The van der Waals surface area contributed by atoms with E-state index in [-0.39, 0.29) is 49.0 Å². The number of halogens is 3. The second kappa shape index (κ2) is 8.76. The van der Waals surface area contributed by atoms with Crippen LogP contribution in [-0.2, 0) is 26.0 Å². The smallest absolute Gasteiger partial charge is 0.245 e. The van der Waals surface area contributed by atoms with Gasteiger partial charge in [-0.2, -0.15) is 4.31 Å². The topological polar surface area (TPSA) is 92.9 Å². The molecule has 34 heavy (non-hydrogen) atoms. The first-order valence-corrected chi connectivity index (χ1v) is 13.4. The molecule has 1 aromatic carbocycles. The van der Waals surface area contributed by atoms with Crippen LogP contribution >= 0.6 is 0 Å². The molecule has 4 atom stereocenters. The van der Waals surface area contributed by atoms with Crippen molar-refractivity contribution in [3.63, 3.8) is 0 Å². The maximum Gasteiger partial charge on any atom is 0.245 e. The first-order valence-electron chi connectivity index (χ1n) is 11.9. The Hall–Kier alpha value is -1.69. The van der Waals surface area contributed by atoms with Gasteiger partial charge in [-0.15, -0.1) is 0 Å². The highest BCUT2D eigenvalue weighted by Gasteiger charge is 2.66. The number of morpholine rings is 1. The first kappa shape index (κ1) is 24.0. The van der Waals surface area contributed by atoms with E-state index >= 15 is 0 Å². The summed E-state index contributed by atoms with van der Waals surface area (Å²) in [5, 5.41) is 0. The van der Waals surface area contributed by atoms with Crippen LogP contribution < -0.4 is 5.73 Å². The molecule has 0 aromatic heterocycles. The zero-order valence-electron chi connectivity index (χ0n) is 18.9. The third-order valence-corrected chi connectivity index (χ3v) is 10.7. The Morgan fingerprint density at radius 2 is 1.65 bits per heavy atom. The van der Waals surface area contributed by atoms with Gasteiger partial charge in [-0.3, -0.25) is 4.79 Å². The summed E-state index contributed by atoms with van der Waals surface area (Å²) >= 11 is 0. The first-order chi connectivity index (χ1) is 16.1. The predicted molar refractivity (Wildman–Crippen MR) is 118 cm³/mol. The van der Waals surface area contributed by atoms with E-state index in [0.29, 0.717) is 45.0 Å². The monoisotopic (exact) mass is 501 g/mol. The number of rotatable bonds is 6. The lowest BCUT2D eigenvalue weighted by Gasteiger charge is -2.43. The maximum absolute atomic E-state index is 14.1. The van der Waals surface area contributed by atoms with Crippen LogP contribution in [0.15, 0.2) is 12.1 Å². The van der Waals surface area contributed by atoms with Gasteiger partial charge in [0, 0.05) is 37.3 Å². The highest BCUT2D eigenvalue weighted by molar-refractivity contribution is 7.91. The number of hydrogen-bond acceptors (Lipinski definition) is 5. The standard InChI is InChI=1S/C23H30F3N3O4S/c24-18-13-20(26)19(25)11-14(18)12-21(27)15-9-16-1-2-17(10-15)29(16)22(30)23(3-4-23)34(31,32)28-5-7-33-8-6-28/h11,13,15-17,21H,1-10,12,27H2/t15?,16-,17+,21-/m1/s1. The molecule has 2 bridgehead atoms. The van der Waals surface area contributed by atoms with Crippen molar-refractivity contribution in [2.45, 2.75) is 67.8 Å². The third kappa shape index (κ3) is 3.94. The Balaban J connectivity index is 1.28. The van der Waals surface area contributed by atoms with E-state index < -0.39 is 38.3 Å². The highest BCUT2D eigenvalue weighted by Crippen LogP contribution is 2.50. The van der Waals surface area contributed by atoms with Crippen molar-refractivity contribution in [2.75, 3.05) is 26.3 Å². The number of nitrogens with two attached hydrogens (primary N) is 1. The Bertz CT molecular complexity index is 1060. The average molecular weight is 502 g/mol. The maximum atomic E-state index is 14.1. The van der Waals surface area contributed by atoms with Crippen molar-refractivity contribution in [2.24, 2.45) is 11.7 Å². The molecular formula is C23H30F3N3O4S. The zero-order valence-corrected chi connectivity index (χ0v) is 19.7. The fourth-order valence-electron chi connectivity index (χ4n) is 6.01. The lowest BCUT2D eigenvalue weighted by atomic mass is 9.82. The van der Waals surface area contributed by atoms with Gasteiger partial charge in [0.2, 0.25) is 15.9 Å². The largest absolute Gasteiger partial charge is 0.379 e. The van der Waals surface area contributed by atoms with Crippen molar-refractivity contribution in [3.8, 4) is 0 Å². The molecule has 11 heteroatoms. The number of sulfonamides is 1. The Morgan fingerprint density at radius 1 is 1.06 bits per heavy atom. The summed E-state index contributed by atoms with van der Waals surface area (Å²) in [5.41, 5.74) is 6.41. The molecule has 3 heterocycles. The Labute approximate surface area is 197 Å². The number of carbonyl (C=O) groups excluding carboxylic acids is 1. The molecule has 1 aliphatic carbocycles. The molecule has 5 rings (SSSR count). The fraction of sp³-hybridized carbons (Fsp3) is 0.696. The summed E-state index contributed by atoms with van der Waals surface area (Å²) in [7, 11) is -3.77. The van der Waals surface area contributed by atoms with E-state index in [1.54, 1.807) is 4.90 Å². The van der Waals surface area contributed by atoms with Gasteiger partial charge in [0.25, 0.3) is 0 Å². The molecule has 2 N–H and O–H groups in total. The zero-order chi connectivity index (χ0) is 24.3. The van der Waals surface area contributed by atoms with E-state index in [1.807, 2.05) is 0 Å². The van der Waals surface area contributed by atoms with E-state index in [4.69, 9.17) is 10.5 Å². The molecular weight excluding hydrogens is 471 g/mol. The van der Waals surface area contributed by atoms with Crippen molar-refractivity contribution in [3.05, 3.63) is 35.1 Å². The van der Waals surface area contributed by atoms with Crippen molar-refractivity contribution in [1.29, 1.82) is 0 Å². The summed E-state index contributed by atoms with van der Waals surface area (Å²) in [4.78, 5) is 15.4. The van der Waals surface area contributed by atoms with E-state index in [9.17, 15) is 26.4 Å². The highest BCUT2D eigenvalue weighted by atomic mass is 32.2. The van der Waals surface area contributed by atoms with Gasteiger partial charge in [0.05, 0.1) is 13.2 Å². The summed E-state index contributed by atoms with van der Waals surface area (Å²) in [6.45, 7) is 1.19. The molecule has 4 fully saturated rings. The van der Waals surface area contributed by atoms with Crippen LogP contribution in [-0.4, -0.2) is 72.7 Å². The average Bonchev–Trinajstić information content (AvgIpc) is 3.59. The second-order valence-electron chi connectivity index (χ2n) is 10.1. The molecule has 188 valence electrons. The normalized spacial score (nSPS) is 29.8. The number of piperidine rings is 1. The Morgan fingerprint density at radius 3 is 2.24 bits per heavy atom. The molecule has 1 aromatic rings. The van der Waals surface area contributed by atoms with Crippen molar-refractivity contribution < 1.29 is 31.1 Å². The van der Waals surface area contributed by atoms with Gasteiger partial charge in [-0.1, -0.05) is 0 Å². The van der Waals surface area contributed by atoms with Crippen LogP contribution in [0.5, 0.6) is 0 Å². The van der Waals surface area contributed by atoms with Gasteiger partial charge in [-0.05, 0) is 62.5 Å². The number of benzene rings is 1. The van der Waals surface area contributed by atoms with E-state index in [2.05, 4.69) is 0 Å². The number of hydrogen-bond donors (Lipinski definition) is 1. The number of carbonyl (C=O) groups is 1. The minimum Gasteiger partial charge on any atom is -0.379 e. The van der Waals surface area contributed by atoms with Crippen LogP contribution in [0.4, 0.5) is 13.2 Å². The van der Waals surface area contributed by atoms with E-state index in [0.717, 1.165) is 18.9 Å². The predicted octanol–water partition coefficient (Wildman–Crippen LogP) is 1.94. The summed E-state index contributed by atoms with van der Waals surface area (Å²) < 4.78 is 73.0.